The number of rotatable bonds is 8. The molecule has 0 atom stereocenters. The molecule has 6 nitrogen and oxygen atoms in total. The number of nitrogens with zero attached hydrogens (tertiary/aromatic N) is 1. The SMILES string of the molecule is CN=C(NCCOCC1CC1)Nc1ccc(OC)c(OC)c1.I. The van der Waals surface area contributed by atoms with Crippen LogP contribution in [0.4, 0.5) is 5.69 Å². The Balaban J connectivity index is 0.00000264. The van der Waals surface area contributed by atoms with Crippen LogP contribution in [0, 0.1) is 5.92 Å². The van der Waals surface area contributed by atoms with Crippen molar-refractivity contribution in [1.82, 2.24) is 5.32 Å². The fourth-order valence-corrected chi connectivity index (χ4v) is 2.01. The van der Waals surface area contributed by atoms with Crippen LogP contribution in [0.25, 0.3) is 0 Å². The predicted octanol–water partition coefficient (Wildman–Crippen LogP) is 2.74. The van der Waals surface area contributed by atoms with E-state index in [9.17, 15) is 0 Å². The predicted molar refractivity (Wildman–Crippen MR) is 103 cm³/mol. The van der Waals surface area contributed by atoms with Gasteiger partial charge in [-0.25, -0.2) is 0 Å². The number of nitrogens with one attached hydrogen (secondary N) is 2. The Bertz CT molecular complexity index is 507. The molecular weight excluding hydrogens is 409 g/mol. The number of hydrogen-bond acceptors (Lipinski definition) is 4. The average Bonchev–Trinajstić information content (AvgIpc) is 3.37. The van der Waals surface area contributed by atoms with E-state index >= 15 is 0 Å². The summed E-state index contributed by atoms with van der Waals surface area (Å²) in [4.78, 5) is 4.19. The van der Waals surface area contributed by atoms with E-state index in [1.165, 1.54) is 12.8 Å². The zero-order chi connectivity index (χ0) is 15.8. The van der Waals surface area contributed by atoms with Crippen molar-refractivity contribution in [2.75, 3.05) is 46.3 Å². The van der Waals surface area contributed by atoms with Gasteiger partial charge in [0, 0.05) is 32.0 Å². The number of benzene rings is 1. The summed E-state index contributed by atoms with van der Waals surface area (Å²) in [7, 11) is 4.97. The molecule has 1 aliphatic rings. The molecule has 2 rings (SSSR count). The van der Waals surface area contributed by atoms with Crippen LogP contribution in [-0.4, -0.2) is 47.0 Å². The highest BCUT2D eigenvalue weighted by Gasteiger charge is 2.20. The van der Waals surface area contributed by atoms with Gasteiger partial charge < -0.3 is 24.8 Å². The largest absolute Gasteiger partial charge is 0.493 e. The Morgan fingerprint density at radius 1 is 1.22 bits per heavy atom. The number of aliphatic imine (C=N–C) groups is 1. The Kier molecular flexibility index (Phi) is 9.08. The number of halogens is 1. The quantitative estimate of drug-likeness (QED) is 0.285. The standard InChI is InChI=1S/C16H25N3O3.HI/c1-17-16(18-8-9-22-11-12-4-5-12)19-13-6-7-14(20-2)15(10-13)21-3;/h6-7,10,12H,4-5,8-9,11H2,1-3H3,(H2,17,18,19);1H. The van der Waals surface area contributed by atoms with Crippen LogP contribution in [0.1, 0.15) is 12.8 Å². The molecule has 0 heterocycles. The lowest BCUT2D eigenvalue weighted by Gasteiger charge is -2.14. The zero-order valence-corrected chi connectivity index (χ0v) is 16.3. The van der Waals surface area contributed by atoms with E-state index in [0.29, 0.717) is 24.1 Å². The summed E-state index contributed by atoms with van der Waals surface area (Å²) in [6, 6.07) is 5.64. The third kappa shape index (κ3) is 6.82. The molecule has 1 aliphatic carbocycles. The molecule has 1 saturated carbocycles. The number of ether oxygens (including phenoxy) is 3. The zero-order valence-electron chi connectivity index (χ0n) is 13.9. The first-order valence-corrected chi connectivity index (χ1v) is 7.54. The van der Waals surface area contributed by atoms with Crippen molar-refractivity contribution in [1.29, 1.82) is 0 Å². The fourth-order valence-electron chi connectivity index (χ4n) is 2.01. The monoisotopic (exact) mass is 435 g/mol. The molecular formula is C16H26IN3O3. The minimum atomic E-state index is 0. The number of hydrogen-bond donors (Lipinski definition) is 2. The number of anilines is 1. The molecule has 2 N–H and O–H groups in total. The average molecular weight is 435 g/mol. The van der Waals surface area contributed by atoms with Gasteiger partial charge in [0.2, 0.25) is 0 Å². The van der Waals surface area contributed by atoms with Gasteiger partial charge in [-0.15, -0.1) is 24.0 Å². The Morgan fingerprint density at radius 2 is 1.96 bits per heavy atom. The summed E-state index contributed by atoms with van der Waals surface area (Å²) in [5.41, 5.74) is 0.879. The minimum absolute atomic E-state index is 0. The van der Waals surface area contributed by atoms with Gasteiger partial charge in [-0.2, -0.15) is 0 Å². The third-order valence-electron chi connectivity index (χ3n) is 3.46. The molecule has 0 bridgehead atoms. The first-order valence-electron chi connectivity index (χ1n) is 7.54. The first-order chi connectivity index (χ1) is 10.8. The second-order valence-electron chi connectivity index (χ2n) is 5.21. The van der Waals surface area contributed by atoms with Crippen LogP contribution in [0.3, 0.4) is 0 Å². The summed E-state index contributed by atoms with van der Waals surface area (Å²) in [5, 5.41) is 6.43. The van der Waals surface area contributed by atoms with Crippen molar-refractivity contribution in [3.05, 3.63) is 18.2 Å². The maximum atomic E-state index is 5.59. The van der Waals surface area contributed by atoms with Crippen molar-refractivity contribution in [3.63, 3.8) is 0 Å². The Morgan fingerprint density at radius 3 is 2.57 bits per heavy atom. The van der Waals surface area contributed by atoms with E-state index in [4.69, 9.17) is 14.2 Å². The first kappa shape index (κ1) is 19.8. The Hall–Kier alpha value is -1.22. The molecule has 0 radical (unpaired) electrons. The van der Waals surface area contributed by atoms with Crippen molar-refractivity contribution < 1.29 is 14.2 Å². The van der Waals surface area contributed by atoms with E-state index in [1.54, 1.807) is 21.3 Å². The van der Waals surface area contributed by atoms with Gasteiger partial charge in [0.1, 0.15) is 0 Å². The molecule has 0 saturated heterocycles. The lowest BCUT2D eigenvalue weighted by atomic mass is 10.3. The van der Waals surface area contributed by atoms with E-state index in [2.05, 4.69) is 15.6 Å². The molecule has 1 aromatic carbocycles. The maximum Gasteiger partial charge on any atom is 0.195 e. The second-order valence-corrected chi connectivity index (χ2v) is 5.21. The van der Waals surface area contributed by atoms with E-state index in [0.717, 1.165) is 24.8 Å². The molecule has 0 amide bonds. The van der Waals surface area contributed by atoms with Gasteiger partial charge in [-0.1, -0.05) is 0 Å². The molecule has 1 fully saturated rings. The topological polar surface area (TPSA) is 64.1 Å². The van der Waals surface area contributed by atoms with Crippen molar-refractivity contribution in [3.8, 4) is 11.5 Å². The lowest BCUT2D eigenvalue weighted by Crippen LogP contribution is -2.33. The highest BCUT2D eigenvalue weighted by Crippen LogP contribution is 2.29. The van der Waals surface area contributed by atoms with Crippen molar-refractivity contribution in [2.24, 2.45) is 10.9 Å². The molecule has 0 aliphatic heterocycles. The van der Waals surface area contributed by atoms with Gasteiger partial charge in [0.25, 0.3) is 0 Å². The van der Waals surface area contributed by atoms with Crippen LogP contribution in [0.15, 0.2) is 23.2 Å². The number of methoxy groups -OCH3 is 2. The van der Waals surface area contributed by atoms with Crippen molar-refractivity contribution in [2.45, 2.75) is 12.8 Å². The lowest BCUT2D eigenvalue weighted by molar-refractivity contribution is 0.129. The van der Waals surface area contributed by atoms with Crippen molar-refractivity contribution >= 4 is 35.6 Å². The molecule has 0 spiro atoms. The minimum Gasteiger partial charge on any atom is -0.493 e. The molecule has 0 unspecified atom stereocenters. The molecule has 0 aromatic heterocycles. The van der Waals surface area contributed by atoms with Gasteiger partial charge in [-0.05, 0) is 30.9 Å². The summed E-state index contributed by atoms with van der Waals surface area (Å²) in [6.07, 6.45) is 2.63. The van der Waals surface area contributed by atoms with Gasteiger partial charge in [0.15, 0.2) is 17.5 Å². The highest BCUT2D eigenvalue weighted by molar-refractivity contribution is 14.0. The molecule has 23 heavy (non-hydrogen) atoms. The third-order valence-corrected chi connectivity index (χ3v) is 3.46. The summed E-state index contributed by atoms with van der Waals surface area (Å²) in [6.45, 7) is 2.28. The molecule has 130 valence electrons. The molecule has 7 heteroatoms. The smallest absolute Gasteiger partial charge is 0.195 e. The summed E-state index contributed by atoms with van der Waals surface area (Å²) in [5.74, 6) is 2.87. The molecule has 1 aromatic rings. The highest BCUT2D eigenvalue weighted by atomic mass is 127. The fraction of sp³-hybridized carbons (Fsp3) is 0.562. The van der Waals surface area contributed by atoms with Gasteiger partial charge in [0.05, 0.1) is 20.8 Å². The van der Waals surface area contributed by atoms with Gasteiger partial charge in [-0.3, -0.25) is 4.99 Å². The van der Waals surface area contributed by atoms with Gasteiger partial charge >= 0.3 is 0 Å². The Labute approximate surface area is 155 Å². The second kappa shape index (κ2) is 10.5. The van der Waals surface area contributed by atoms with Crippen LogP contribution in [0.5, 0.6) is 11.5 Å². The normalized spacial score (nSPS) is 14.0. The summed E-state index contributed by atoms with van der Waals surface area (Å²) < 4.78 is 16.1. The van der Waals surface area contributed by atoms with E-state index in [1.807, 2.05) is 18.2 Å². The van der Waals surface area contributed by atoms with E-state index in [-0.39, 0.29) is 24.0 Å². The van der Waals surface area contributed by atoms with Crippen LogP contribution >= 0.6 is 24.0 Å². The number of guanidine groups is 1. The summed E-state index contributed by atoms with van der Waals surface area (Å²) >= 11 is 0. The van der Waals surface area contributed by atoms with E-state index < -0.39 is 0 Å². The maximum absolute atomic E-state index is 5.59. The van der Waals surface area contributed by atoms with Crippen LogP contribution in [0.2, 0.25) is 0 Å². The van der Waals surface area contributed by atoms with Crippen LogP contribution < -0.4 is 20.1 Å². The van der Waals surface area contributed by atoms with Crippen LogP contribution in [-0.2, 0) is 4.74 Å².